The van der Waals surface area contributed by atoms with E-state index in [9.17, 15) is 14.3 Å². The number of phenolic OH excluding ortho intramolecular Hbond substituents is 1. The first-order chi connectivity index (χ1) is 8.81. The van der Waals surface area contributed by atoms with Crippen molar-refractivity contribution in [1.29, 1.82) is 0 Å². The van der Waals surface area contributed by atoms with Gasteiger partial charge in [-0.2, -0.15) is 0 Å². The summed E-state index contributed by atoms with van der Waals surface area (Å²) in [6.07, 6.45) is 1.59. The van der Waals surface area contributed by atoms with Crippen LogP contribution in [0.2, 0.25) is 0 Å². The first-order valence-electron chi connectivity index (χ1n) is 5.80. The lowest BCUT2D eigenvalue weighted by molar-refractivity contribution is 0.0536. The second kappa shape index (κ2) is 6.18. The highest BCUT2D eigenvalue weighted by Crippen LogP contribution is 2.27. The van der Waals surface area contributed by atoms with E-state index >= 15 is 0 Å². The highest BCUT2D eigenvalue weighted by atomic mass is 19.1. The van der Waals surface area contributed by atoms with Gasteiger partial charge < -0.3 is 9.84 Å². The molecule has 0 heterocycles. The summed E-state index contributed by atoms with van der Waals surface area (Å²) >= 11 is 0. The summed E-state index contributed by atoms with van der Waals surface area (Å²) < 4.78 is 18.4. The standard InChI is InChI=1S/C15H17FO3/c1-9(2)5-11-6-12(16)7-13(14(11)17)15(18)19-8-10(3)4/h5-7,17H,3,8H2,1-2,4H3. The zero-order chi connectivity index (χ0) is 14.6. The van der Waals surface area contributed by atoms with Gasteiger partial charge in [0.05, 0.1) is 0 Å². The maximum absolute atomic E-state index is 13.5. The van der Waals surface area contributed by atoms with E-state index in [1.54, 1.807) is 13.0 Å². The van der Waals surface area contributed by atoms with Crippen molar-refractivity contribution in [3.8, 4) is 5.75 Å². The summed E-state index contributed by atoms with van der Waals surface area (Å²) in [6.45, 7) is 8.95. The van der Waals surface area contributed by atoms with Crippen molar-refractivity contribution in [1.82, 2.24) is 0 Å². The summed E-state index contributed by atoms with van der Waals surface area (Å²) in [5.74, 6) is -1.66. The number of hydrogen-bond acceptors (Lipinski definition) is 3. The summed E-state index contributed by atoms with van der Waals surface area (Å²) in [6, 6.07) is 2.12. The zero-order valence-electron chi connectivity index (χ0n) is 11.3. The Labute approximate surface area is 112 Å². The molecule has 1 N–H and O–H groups in total. The molecule has 19 heavy (non-hydrogen) atoms. The molecule has 0 fully saturated rings. The third kappa shape index (κ3) is 4.25. The second-order valence-corrected chi connectivity index (χ2v) is 4.65. The van der Waals surface area contributed by atoms with Crippen LogP contribution < -0.4 is 0 Å². The Morgan fingerprint density at radius 2 is 2.05 bits per heavy atom. The average molecular weight is 264 g/mol. The Hall–Kier alpha value is -2.10. The molecule has 0 saturated heterocycles. The number of benzene rings is 1. The highest BCUT2D eigenvalue weighted by Gasteiger charge is 2.17. The van der Waals surface area contributed by atoms with E-state index in [4.69, 9.17) is 4.74 Å². The van der Waals surface area contributed by atoms with Crippen molar-refractivity contribution >= 4 is 12.0 Å². The maximum atomic E-state index is 13.5. The first kappa shape index (κ1) is 15.0. The van der Waals surface area contributed by atoms with Crippen LogP contribution in [0.3, 0.4) is 0 Å². The fourth-order valence-electron chi connectivity index (χ4n) is 1.46. The highest BCUT2D eigenvalue weighted by molar-refractivity contribution is 5.94. The molecular formula is C15H17FO3. The number of rotatable bonds is 4. The number of esters is 1. The molecule has 1 rings (SSSR count). The van der Waals surface area contributed by atoms with Crippen molar-refractivity contribution in [2.75, 3.05) is 6.61 Å². The van der Waals surface area contributed by atoms with Crippen LogP contribution in [0.25, 0.3) is 6.08 Å². The van der Waals surface area contributed by atoms with Gasteiger partial charge in [-0.05, 0) is 38.5 Å². The third-order valence-corrected chi connectivity index (χ3v) is 2.22. The Morgan fingerprint density at radius 1 is 1.42 bits per heavy atom. The van der Waals surface area contributed by atoms with Gasteiger partial charge >= 0.3 is 5.97 Å². The molecule has 0 radical (unpaired) electrons. The number of phenols is 1. The predicted molar refractivity (Wildman–Crippen MR) is 72.5 cm³/mol. The summed E-state index contributed by atoms with van der Waals surface area (Å²) in [5, 5.41) is 9.96. The largest absolute Gasteiger partial charge is 0.506 e. The molecule has 0 aliphatic heterocycles. The van der Waals surface area contributed by atoms with Crippen LogP contribution in [0.5, 0.6) is 5.75 Å². The lowest BCUT2D eigenvalue weighted by Gasteiger charge is -2.09. The van der Waals surface area contributed by atoms with Crippen LogP contribution in [0.4, 0.5) is 4.39 Å². The van der Waals surface area contributed by atoms with Crippen molar-refractivity contribution in [3.63, 3.8) is 0 Å². The number of hydrogen-bond donors (Lipinski definition) is 1. The van der Waals surface area contributed by atoms with Crippen molar-refractivity contribution in [2.45, 2.75) is 20.8 Å². The van der Waals surface area contributed by atoms with Crippen LogP contribution in [-0.4, -0.2) is 17.7 Å². The Balaban J connectivity index is 3.14. The number of ether oxygens (including phenoxy) is 1. The Bertz CT molecular complexity index is 541. The monoisotopic (exact) mass is 264 g/mol. The number of carbonyl (C=O) groups excluding carboxylic acids is 1. The van der Waals surface area contributed by atoms with Gasteiger partial charge in [-0.15, -0.1) is 0 Å². The lowest BCUT2D eigenvalue weighted by atomic mass is 10.1. The van der Waals surface area contributed by atoms with E-state index in [1.807, 2.05) is 13.8 Å². The molecule has 1 aromatic rings. The van der Waals surface area contributed by atoms with E-state index in [2.05, 4.69) is 6.58 Å². The molecule has 3 nitrogen and oxygen atoms in total. The van der Waals surface area contributed by atoms with E-state index in [-0.39, 0.29) is 23.5 Å². The minimum absolute atomic E-state index is 0.0345. The normalized spacial score (nSPS) is 9.89. The van der Waals surface area contributed by atoms with Gasteiger partial charge in [0.1, 0.15) is 23.7 Å². The van der Waals surface area contributed by atoms with Gasteiger partial charge in [-0.1, -0.05) is 18.2 Å². The molecule has 0 unspecified atom stereocenters. The van der Waals surface area contributed by atoms with Crippen molar-refractivity contribution < 1.29 is 19.0 Å². The molecule has 1 aromatic carbocycles. The van der Waals surface area contributed by atoms with Gasteiger partial charge in [0, 0.05) is 5.56 Å². The van der Waals surface area contributed by atoms with E-state index in [0.717, 1.165) is 17.7 Å². The molecule has 0 aliphatic carbocycles. The van der Waals surface area contributed by atoms with E-state index in [0.29, 0.717) is 5.57 Å². The SMILES string of the molecule is C=C(C)COC(=O)c1cc(F)cc(C=C(C)C)c1O. The fraction of sp³-hybridized carbons (Fsp3) is 0.267. The van der Waals surface area contributed by atoms with Gasteiger partial charge in [0.15, 0.2) is 0 Å². The van der Waals surface area contributed by atoms with E-state index in [1.165, 1.54) is 0 Å². The van der Waals surface area contributed by atoms with Gasteiger partial charge in [0.2, 0.25) is 0 Å². The van der Waals surface area contributed by atoms with Crippen LogP contribution in [-0.2, 0) is 4.74 Å². The molecule has 4 heteroatoms. The van der Waals surface area contributed by atoms with Gasteiger partial charge in [-0.25, -0.2) is 9.18 Å². The molecule has 0 atom stereocenters. The molecule has 0 saturated carbocycles. The average Bonchev–Trinajstić information content (AvgIpc) is 2.29. The number of aromatic hydroxyl groups is 1. The van der Waals surface area contributed by atoms with Crippen LogP contribution in [0.1, 0.15) is 36.7 Å². The Kier molecular flexibility index (Phi) is 4.87. The van der Waals surface area contributed by atoms with Gasteiger partial charge in [-0.3, -0.25) is 0 Å². The second-order valence-electron chi connectivity index (χ2n) is 4.65. The predicted octanol–water partition coefficient (Wildman–Crippen LogP) is 3.69. The molecule has 0 spiro atoms. The first-order valence-corrected chi connectivity index (χ1v) is 5.80. The quantitative estimate of drug-likeness (QED) is 0.666. The maximum Gasteiger partial charge on any atom is 0.342 e. The van der Waals surface area contributed by atoms with Crippen LogP contribution in [0, 0.1) is 5.82 Å². The smallest absolute Gasteiger partial charge is 0.342 e. The third-order valence-electron chi connectivity index (χ3n) is 2.22. The molecule has 0 aromatic heterocycles. The minimum Gasteiger partial charge on any atom is -0.506 e. The Morgan fingerprint density at radius 3 is 2.58 bits per heavy atom. The van der Waals surface area contributed by atoms with Crippen LogP contribution in [0.15, 0.2) is 29.9 Å². The molecule has 0 bridgehead atoms. The molecule has 0 amide bonds. The lowest BCUT2D eigenvalue weighted by Crippen LogP contribution is -2.08. The van der Waals surface area contributed by atoms with E-state index < -0.39 is 11.8 Å². The topological polar surface area (TPSA) is 46.5 Å². The summed E-state index contributed by atoms with van der Waals surface area (Å²) in [5.41, 5.74) is 1.60. The van der Waals surface area contributed by atoms with Crippen molar-refractivity contribution in [2.24, 2.45) is 0 Å². The summed E-state index contributed by atoms with van der Waals surface area (Å²) in [4.78, 5) is 11.7. The minimum atomic E-state index is -0.775. The molecule has 0 aliphatic rings. The molecular weight excluding hydrogens is 247 g/mol. The molecule has 102 valence electrons. The van der Waals surface area contributed by atoms with Gasteiger partial charge in [0.25, 0.3) is 0 Å². The van der Waals surface area contributed by atoms with Crippen LogP contribution >= 0.6 is 0 Å². The summed E-state index contributed by atoms with van der Waals surface area (Å²) in [7, 11) is 0. The fourth-order valence-corrected chi connectivity index (χ4v) is 1.46. The number of carbonyl (C=O) groups is 1. The number of halogens is 1. The zero-order valence-corrected chi connectivity index (χ0v) is 11.3. The van der Waals surface area contributed by atoms with Crippen molar-refractivity contribution in [3.05, 3.63) is 46.8 Å². The number of allylic oxidation sites excluding steroid dienone is 1.